The van der Waals surface area contributed by atoms with Crippen LogP contribution in [0.1, 0.15) is 40.4 Å². The molecule has 186 valence electrons. The average molecular weight is 508 g/mol. The van der Waals surface area contributed by atoms with Gasteiger partial charge in [0, 0.05) is 30.7 Å². The molecule has 2 aliphatic heterocycles. The van der Waals surface area contributed by atoms with Crippen molar-refractivity contribution in [2.75, 3.05) is 25.1 Å². The number of carbonyl (C=O) groups excluding carboxylic acids is 2. The lowest BCUT2D eigenvalue weighted by molar-refractivity contribution is -0.122. The lowest BCUT2D eigenvalue weighted by atomic mass is 10.0. The van der Waals surface area contributed by atoms with Crippen LogP contribution < -0.4 is 10.6 Å². The number of anilines is 1. The summed E-state index contributed by atoms with van der Waals surface area (Å²) >= 11 is 6.37. The monoisotopic (exact) mass is 507 g/mol. The molecule has 5 rings (SSSR count). The van der Waals surface area contributed by atoms with Gasteiger partial charge in [-0.25, -0.2) is 9.97 Å². The Labute approximate surface area is 213 Å². The van der Waals surface area contributed by atoms with Crippen molar-refractivity contribution in [1.82, 2.24) is 20.2 Å². The molecule has 36 heavy (non-hydrogen) atoms. The predicted molar refractivity (Wildman–Crippen MR) is 134 cm³/mol. The molecular formula is C26H26ClN5O4. The van der Waals surface area contributed by atoms with E-state index in [2.05, 4.69) is 20.6 Å². The minimum absolute atomic E-state index is 0.0623. The fourth-order valence-corrected chi connectivity index (χ4v) is 4.52. The van der Waals surface area contributed by atoms with Gasteiger partial charge < -0.3 is 25.4 Å². The quantitative estimate of drug-likeness (QED) is 0.407. The highest BCUT2D eigenvalue weighted by molar-refractivity contribution is 6.33. The summed E-state index contributed by atoms with van der Waals surface area (Å²) in [4.78, 5) is 36.2. The summed E-state index contributed by atoms with van der Waals surface area (Å²) in [6.07, 6.45) is 2.67. The third kappa shape index (κ3) is 5.18. The first-order valence-electron chi connectivity index (χ1n) is 11.8. The maximum absolute atomic E-state index is 13.2. The van der Waals surface area contributed by atoms with E-state index in [4.69, 9.17) is 16.3 Å². The Morgan fingerprint density at radius 2 is 2.06 bits per heavy atom. The zero-order chi connectivity index (χ0) is 25.1. The van der Waals surface area contributed by atoms with Crippen LogP contribution >= 0.6 is 11.6 Å². The van der Waals surface area contributed by atoms with E-state index in [1.54, 1.807) is 6.07 Å². The zero-order valence-corrected chi connectivity index (χ0v) is 20.2. The molecule has 2 amide bonds. The van der Waals surface area contributed by atoms with Gasteiger partial charge in [0.2, 0.25) is 11.9 Å². The number of hydrogen-bond acceptors (Lipinski definition) is 7. The van der Waals surface area contributed by atoms with Gasteiger partial charge >= 0.3 is 0 Å². The van der Waals surface area contributed by atoms with Crippen molar-refractivity contribution < 1.29 is 19.4 Å². The van der Waals surface area contributed by atoms with E-state index in [1.165, 1.54) is 11.1 Å². The van der Waals surface area contributed by atoms with Gasteiger partial charge in [-0.15, -0.1) is 0 Å². The number of fused-ring (bicyclic) bond motifs is 1. The molecule has 2 aliphatic rings. The van der Waals surface area contributed by atoms with Gasteiger partial charge in [-0.05, 0) is 23.6 Å². The smallest absolute Gasteiger partial charge is 0.254 e. The normalized spacial score (nSPS) is 17.3. The first-order valence-corrected chi connectivity index (χ1v) is 12.2. The second kappa shape index (κ2) is 10.6. The first kappa shape index (κ1) is 24.2. The third-order valence-electron chi connectivity index (χ3n) is 6.28. The molecule has 1 aromatic heterocycles. The van der Waals surface area contributed by atoms with Crippen LogP contribution in [0.15, 0.2) is 54.7 Å². The van der Waals surface area contributed by atoms with Crippen molar-refractivity contribution >= 4 is 29.4 Å². The second-order valence-corrected chi connectivity index (χ2v) is 9.17. The molecule has 1 unspecified atom stereocenters. The van der Waals surface area contributed by atoms with Crippen LogP contribution in [0.4, 0.5) is 5.95 Å². The third-order valence-corrected chi connectivity index (χ3v) is 6.56. The molecule has 0 radical (unpaired) electrons. The van der Waals surface area contributed by atoms with Gasteiger partial charge in [-0.3, -0.25) is 9.59 Å². The minimum Gasteiger partial charge on any atom is -0.396 e. The Hall–Kier alpha value is -3.53. The average Bonchev–Trinajstić information content (AvgIpc) is 3.17. The lowest BCUT2D eigenvalue weighted by Crippen LogP contribution is -2.39. The maximum Gasteiger partial charge on any atom is 0.254 e. The molecule has 10 heteroatoms. The van der Waals surface area contributed by atoms with Gasteiger partial charge in [0.15, 0.2) is 0 Å². The molecule has 0 saturated carbocycles. The van der Waals surface area contributed by atoms with E-state index in [-0.39, 0.29) is 37.2 Å². The molecule has 1 fully saturated rings. The topological polar surface area (TPSA) is 117 Å². The number of aromatic nitrogens is 2. The number of halogens is 1. The Morgan fingerprint density at radius 3 is 2.78 bits per heavy atom. The number of benzene rings is 2. The van der Waals surface area contributed by atoms with Crippen molar-refractivity contribution in [1.29, 1.82) is 0 Å². The molecule has 2 aromatic carbocycles. The second-order valence-electron chi connectivity index (χ2n) is 8.76. The van der Waals surface area contributed by atoms with Crippen molar-refractivity contribution in [3.63, 3.8) is 0 Å². The van der Waals surface area contributed by atoms with Crippen molar-refractivity contribution in [3.05, 3.63) is 76.4 Å². The van der Waals surface area contributed by atoms with Crippen LogP contribution in [0, 0.1) is 0 Å². The van der Waals surface area contributed by atoms with Gasteiger partial charge in [0.05, 0.1) is 29.6 Å². The molecule has 9 nitrogen and oxygen atoms in total. The van der Waals surface area contributed by atoms with Crippen molar-refractivity contribution in [2.24, 2.45) is 0 Å². The van der Waals surface area contributed by atoms with E-state index in [0.717, 1.165) is 17.5 Å². The standard InChI is InChI=1S/C26H26ClN5O4/c27-20-13-28-26(30-23-9-11-36-23)31-24(20)17-6-7-18-14-32(25(35)19(18)12-17)15-22(34)29-21(8-10-33)16-4-2-1-3-5-16/h1-7,12-13,21,23,33H,8-11,14-15H2,(H,29,34)(H,28,30,31)/t21-,23?/m1/s1. The first-order chi connectivity index (χ1) is 17.5. The highest BCUT2D eigenvalue weighted by Gasteiger charge is 2.30. The number of rotatable bonds is 9. The number of nitrogens with zero attached hydrogens (tertiary/aromatic N) is 3. The van der Waals surface area contributed by atoms with E-state index < -0.39 is 0 Å². The van der Waals surface area contributed by atoms with Gasteiger partial charge in [-0.2, -0.15) is 0 Å². The van der Waals surface area contributed by atoms with Crippen LogP contribution in [-0.2, 0) is 16.1 Å². The minimum atomic E-state index is -0.330. The number of hydrogen-bond donors (Lipinski definition) is 3. The van der Waals surface area contributed by atoms with Crippen LogP contribution in [0.2, 0.25) is 5.02 Å². The molecule has 3 heterocycles. The number of aliphatic hydroxyl groups excluding tert-OH is 1. The van der Waals surface area contributed by atoms with Crippen LogP contribution in [-0.4, -0.2) is 57.8 Å². The Balaban J connectivity index is 1.28. The Bertz CT molecular complexity index is 1270. The van der Waals surface area contributed by atoms with E-state index in [1.807, 2.05) is 42.5 Å². The van der Waals surface area contributed by atoms with Crippen LogP contribution in [0.25, 0.3) is 11.3 Å². The van der Waals surface area contributed by atoms with E-state index in [0.29, 0.717) is 47.4 Å². The SMILES string of the molecule is O=C(CN1Cc2ccc(-c3nc(NC4CCO4)ncc3Cl)cc2C1=O)N[C@H](CCO)c1ccccc1. The number of nitrogens with one attached hydrogen (secondary N) is 2. The summed E-state index contributed by atoms with van der Waals surface area (Å²) in [5.41, 5.74) is 3.44. The highest BCUT2D eigenvalue weighted by Crippen LogP contribution is 2.32. The Morgan fingerprint density at radius 1 is 1.25 bits per heavy atom. The molecule has 3 aromatic rings. The molecular weight excluding hydrogens is 482 g/mol. The lowest BCUT2D eigenvalue weighted by Gasteiger charge is -2.27. The molecule has 2 atom stereocenters. The fourth-order valence-electron chi connectivity index (χ4n) is 4.32. The molecule has 0 aliphatic carbocycles. The maximum atomic E-state index is 13.2. The summed E-state index contributed by atoms with van der Waals surface area (Å²) in [6, 6.07) is 14.6. The summed E-state index contributed by atoms with van der Waals surface area (Å²) in [5, 5.41) is 15.8. The van der Waals surface area contributed by atoms with Gasteiger partial charge in [-0.1, -0.05) is 54.1 Å². The zero-order valence-electron chi connectivity index (χ0n) is 19.5. The molecule has 3 N–H and O–H groups in total. The largest absolute Gasteiger partial charge is 0.396 e. The summed E-state index contributed by atoms with van der Waals surface area (Å²) in [6.45, 7) is 0.893. The number of carbonyl (C=O) groups is 2. The van der Waals surface area contributed by atoms with Crippen LogP contribution in [0.3, 0.4) is 0 Å². The summed E-state index contributed by atoms with van der Waals surface area (Å²) in [5.74, 6) is -0.113. The van der Waals surface area contributed by atoms with E-state index in [9.17, 15) is 14.7 Å². The number of aliphatic hydroxyl groups is 1. The van der Waals surface area contributed by atoms with Crippen LogP contribution in [0.5, 0.6) is 0 Å². The van der Waals surface area contributed by atoms with E-state index >= 15 is 0 Å². The van der Waals surface area contributed by atoms with Crippen molar-refractivity contribution in [2.45, 2.75) is 31.7 Å². The summed E-state index contributed by atoms with van der Waals surface area (Å²) < 4.78 is 5.37. The highest BCUT2D eigenvalue weighted by atomic mass is 35.5. The fraction of sp³-hybridized carbons (Fsp3) is 0.308. The predicted octanol–water partition coefficient (Wildman–Crippen LogP) is 3.15. The molecule has 1 saturated heterocycles. The molecule has 0 bridgehead atoms. The number of amides is 2. The van der Waals surface area contributed by atoms with Gasteiger partial charge in [0.25, 0.3) is 5.91 Å². The Kier molecular flexibility index (Phi) is 7.13. The van der Waals surface area contributed by atoms with Crippen molar-refractivity contribution in [3.8, 4) is 11.3 Å². The molecule has 0 spiro atoms. The number of ether oxygens (including phenoxy) is 1. The summed E-state index contributed by atoms with van der Waals surface area (Å²) in [7, 11) is 0. The van der Waals surface area contributed by atoms with Gasteiger partial charge in [0.1, 0.15) is 12.8 Å².